The Balaban J connectivity index is 1.53. The maximum absolute atomic E-state index is 13.3. The van der Waals surface area contributed by atoms with Gasteiger partial charge in [0, 0.05) is 48.6 Å². The van der Waals surface area contributed by atoms with E-state index in [0.29, 0.717) is 55.7 Å². The minimum absolute atomic E-state index is 0.0399. The summed E-state index contributed by atoms with van der Waals surface area (Å²) in [4.78, 5) is 30.0. The lowest BCUT2D eigenvalue weighted by Crippen LogP contribution is -2.52. The first-order chi connectivity index (χ1) is 15.9. The van der Waals surface area contributed by atoms with E-state index in [-0.39, 0.29) is 30.7 Å². The summed E-state index contributed by atoms with van der Waals surface area (Å²) < 4.78 is 24.7. The monoisotopic (exact) mass is 474 g/mol. The summed E-state index contributed by atoms with van der Waals surface area (Å²) in [5.74, 6) is 0.128. The Morgan fingerprint density at radius 3 is 2.55 bits per heavy atom. The molecule has 2 heterocycles. The number of piperidine rings is 1. The second-order valence-corrected chi connectivity index (χ2v) is 9.19. The third-order valence-electron chi connectivity index (χ3n) is 6.27. The first-order valence-corrected chi connectivity index (χ1v) is 11.6. The van der Waals surface area contributed by atoms with Crippen LogP contribution in [0, 0.1) is 11.2 Å². The van der Waals surface area contributed by atoms with E-state index in [9.17, 15) is 14.0 Å². The molecule has 0 N–H and O–H groups in total. The van der Waals surface area contributed by atoms with Crippen molar-refractivity contribution >= 4 is 23.4 Å². The van der Waals surface area contributed by atoms with Crippen LogP contribution >= 0.6 is 11.6 Å². The molecule has 0 aliphatic carbocycles. The van der Waals surface area contributed by atoms with Gasteiger partial charge in [-0.05, 0) is 55.3 Å². The number of amides is 2. The number of carbonyl (C=O) groups is 2. The van der Waals surface area contributed by atoms with Gasteiger partial charge in [-0.2, -0.15) is 0 Å². The average Bonchev–Trinajstić information content (AvgIpc) is 2.84. The molecule has 2 aromatic rings. The molecular formula is C25H28ClFN2O4. The number of benzene rings is 2. The lowest BCUT2D eigenvalue weighted by atomic mass is 9.77. The van der Waals surface area contributed by atoms with Crippen molar-refractivity contribution in [3.8, 4) is 5.75 Å². The molecule has 2 saturated heterocycles. The van der Waals surface area contributed by atoms with E-state index in [1.165, 1.54) is 12.1 Å². The summed E-state index contributed by atoms with van der Waals surface area (Å²) in [6.07, 6.45) is 1.78. The number of morpholine rings is 1. The predicted octanol–water partition coefficient (Wildman–Crippen LogP) is 4.03. The molecule has 176 valence electrons. The fourth-order valence-corrected chi connectivity index (χ4v) is 4.70. The van der Waals surface area contributed by atoms with E-state index < -0.39 is 5.41 Å². The average molecular weight is 475 g/mol. The van der Waals surface area contributed by atoms with Crippen LogP contribution in [0.5, 0.6) is 5.75 Å². The van der Waals surface area contributed by atoms with Gasteiger partial charge in [-0.1, -0.05) is 17.7 Å². The Morgan fingerprint density at radius 2 is 1.82 bits per heavy atom. The van der Waals surface area contributed by atoms with Gasteiger partial charge in [0.15, 0.2) is 0 Å². The van der Waals surface area contributed by atoms with E-state index >= 15 is 0 Å². The summed E-state index contributed by atoms with van der Waals surface area (Å²) in [7, 11) is 0. The molecule has 6 nitrogen and oxygen atoms in total. The molecule has 0 unspecified atom stereocenters. The molecule has 2 aliphatic heterocycles. The topological polar surface area (TPSA) is 59.1 Å². The Kier molecular flexibility index (Phi) is 7.50. The van der Waals surface area contributed by atoms with Gasteiger partial charge in [0.25, 0.3) is 5.91 Å². The standard InChI is InChI=1S/C25H28ClFN2O4/c26-20-4-1-3-19(15-20)24(31)29-10-2-9-25(17-29,16-23(30)28-11-13-32-14-12-28)18-33-22-7-5-21(27)6-8-22/h1,3-8,15H,2,9-14,16-18H2/t25-/m1/s1. The molecule has 2 aliphatic rings. The summed E-state index contributed by atoms with van der Waals surface area (Å²) >= 11 is 6.09. The molecule has 33 heavy (non-hydrogen) atoms. The zero-order valence-corrected chi connectivity index (χ0v) is 19.2. The molecule has 0 radical (unpaired) electrons. The van der Waals surface area contributed by atoms with E-state index in [1.54, 1.807) is 41.3 Å². The third-order valence-corrected chi connectivity index (χ3v) is 6.50. The molecule has 2 fully saturated rings. The van der Waals surface area contributed by atoms with Gasteiger partial charge in [0.05, 0.1) is 19.8 Å². The van der Waals surface area contributed by atoms with Crippen molar-refractivity contribution in [3.63, 3.8) is 0 Å². The number of hydrogen-bond donors (Lipinski definition) is 0. The molecule has 1 atom stereocenters. The highest BCUT2D eigenvalue weighted by Crippen LogP contribution is 2.36. The van der Waals surface area contributed by atoms with Gasteiger partial charge < -0.3 is 19.3 Å². The molecule has 0 spiro atoms. The van der Waals surface area contributed by atoms with Gasteiger partial charge in [-0.25, -0.2) is 4.39 Å². The van der Waals surface area contributed by atoms with Crippen molar-refractivity contribution < 1.29 is 23.5 Å². The number of halogens is 2. The summed E-state index contributed by atoms with van der Waals surface area (Å²) in [5, 5.41) is 0.506. The van der Waals surface area contributed by atoms with Crippen LogP contribution in [0.4, 0.5) is 4.39 Å². The normalized spacial score (nSPS) is 21.0. The van der Waals surface area contributed by atoms with E-state index in [1.807, 2.05) is 4.90 Å². The summed E-state index contributed by atoms with van der Waals surface area (Å²) in [6.45, 7) is 3.46. The highest BCUT2D eigenvalue weighted by molar-refractivity contribution is 6.30. The summed E-state index contributed by atoms with van der Waals surface area (Å²) in [5.41, 5.74) is -0.0201. The van der Waals surface area contributed by atoms with Gasteiger partial charge >= 0.3 is 0 Å². The van der Waals surface area contributed by atoms with Gasteiger partial charge in [0.1, 0.15) is 11.6 Å². The molecule has 0 aromatic heterocycles. The first kappa shape index (κ1) is 23.5. The zero-order valence-electron chi connectivity index (χ0n) is 18.5. The van der Waals surface area contributed by atoms with Crippen LogP contribution in [0.2, 0.25) is 5.02 Å². The van der Waals surface area contributed by atoms with Crippen LogP contribution in [0.25, 0.3) is 0 Å². The van der Waals surface area contributed by atoms with Crippen LogP contribution < -0.4 is 4.74 Å². The van der Waals surface area contributed by atoms with Crippen LogP contribution in [0.1, 0.15) is 29.6 Å². The van der Waals surface area contributed by atoms with Gasteiger partial charge in [-0.15, -0.1) is 0 Å². The lowest BCUT2D eigenvalue weighted by molar-refractivity contribution is -0.139. The first-order valence-electron chi connectivity index (χ1n) is 11.2. The van der Waals surface area contributed by atoms with E-state index in [2.05, 4.69) is 0 Å². The quantitative estimate of drug-likeness (QED) is 0.634. The fourth-order valence-electron chi connectivity index (χ4n) is 4.51. The number of ether oxygens (including phenoxy) is 2. The molecule has 2 amide bonds. The van der Waals surface area contributed by atoms with Crippen molar-refractivity contribution in [2.75, 3.05) is 46.0 Å². The molecule has 8 heteroatoms. The smallest absolute Gasteiger partial charge is 0.253 e. The number of likely N-dealkylation sites (tertiary alicyclic amines) is 1. The number of nitrogens with zero attached hydrogens (tertiary/aromatic N) is 2. The Hall–Kier alpha value is -2.64. The lowest BCUT2D eigenvalue weighted by Gasteiger charge is -2.43. The highest BCUT2D eigenvalue weighted by atomic mass is 35.5. The van der Waals surface area contributed by atoms with Crippen LogP contribution in [0.15, 0.2) is 48.5 Å². The maximum atomic E-state index is 13.3. The minimum atomic E-state index is -0.545. The van der Waals surface area contributed by atoms with Crippen molar-refractivity contribution in [2.24, 2.45) is 5.41 Å². The van der Waals surface area contributed by atoms with Crippen LogP contribution in [-0.4, -0.2) is 67.6 Å². The predicted molar refractivity (Wildman–Crippen MR) is 123 cm³/mol. The van der Waals surface area contributed by atoms with Crippen molar-refractivity contribution in [1.29, 1.82) is 0 Å². The second kappa shape index (κ2) is 10.5. The zero-order chi connectivity index (χ0) is 23.3. The van der Waals surface area contributed by atoms with Crippen LogP contribution in [0.3, 0.4) is 0 Å². The number of rotatable bonds is 6. The molecule has 0 bridgehead atoms. The van der Waals surface area contributed by atoms with Crippen molar-refractivity contribution in [3.05, 3.63) is 64.9 Å². The van der Waals surface area contributed by atoms with Crippen LogP contribution in [-0.2, 0) is 9.53 Å². The second-order valence-electron chi connectivity index (χ2n) is 8.75. The SMILES string of the molecule is O=C(C[C@]1(COc2ccc(F)cc2)CCCN(C(=O)c2cccc(Cl)c2)C1)N1CCOCC1. The maximum Gasteiger partial charge on any atom is 0.253 e. The number of hydrogen-bond acceptors (Lipinski definition) is 4. The third kappa shape index (κ3) is 6.03. The van der Waals surface area contributed by atoms with Gasteiger partial charge in [0.2, 0.25) is 5.91 Å². The minimum Gasteiger partial charge on any atom is -0.493 e. The van der Waals surface area contributed by atoms with Crippen molar-refractivity contribution in [1.82, 2.24) is 9.80 Å². The summed E-state index contributed by atoms with van der Waals surface area (Å²) in [6, 6.07) is 12.7. The molecule has 4 rings (SSSR count). The highest BCUT2D eigenvalue weighted by Gasteiger charge is 2.41. The molecule has 0 saturated carbocycles. The van der Waals surface area contributed by atoms with E-state index in [0.717, 1.165) is 12.8 Å². The molecule has 2 aromatic carbocycles. The largest absolute Gasteiger partial charge is 0.493 e. The fraction of sp³-hybridized carbons (Fsp3) is 0.440. The van der Waals surface area contributed by atoms with E-state index in [4.69, 9.17) is 21.1 Å². The molecular weight excluding hydrogens is 447 g/mol. The Morgan fingerprint density at radius 1 is 1.06 bits per heavy atom. The van der Waals surface area contributed by atoms with Crippen molar-refractivity contribution in [2.45, 2.75) is 19.3 Å². The Labute approximate surface area is 198 Å². The number of carbonyl (C=O) groups excluding carboxylic acids is 2. The Bertz CT molecular complexity index is 981. The van der Waals surface area contributed by atoms with Gasteiger partial charge in [-0.3, -0.25) is 9.59 Å².